The maximum Gasteiger partial charge on any atom is 0.180 e. The van der Waals surface area contributed by atoms with Crippen molar-refractivity contribution in [2.45, 2.75) is 45.4 Å². The number of rotatable bonds is 5. The molecular weight excluding hydrogens is 211 g/mol. The zero-order valence-electron chi connectivity index (χ0n) is 9.89. The van der Waals surface area contributed by atoms with Crippen LogP contribution in [0, 0.1) is 5.82 Å². The van der Waals surface area contributed by atoms with E-state index >= 15 is 0 Å². The van der Waals surface area contributed by atoms with E-state index in [4.69, 9.17) is 4.74 Å². The smallest absolute Gasteiger partial charge is 0.180 e. The molecule has 0 saturated carbocycles. The van der Waals surface area contributed by atoms with Crippen molar-refractivity contribution >= 4 is 11.3 Å². The molecule has 0 fully saturated rings. The average Bonchev–Trinajstić information content (AvgIpc) is 2.60. The monoisotopic (exact) mass is 230 g/mol. The minimum Gasteiger partial charge on any atom is -0.487 e. The largest absolute Gasteiger partial charge is 0.487 e. The third kappa shape index (κ3) is 2.33. The molecular formula is C12H19FOS. The Bertz CT molecular complexity index is 321. The number of hydrogen-bond donors (Lipinski definition) is 0. The van der Waals surface area contributed by atoms with Crippen molar-refractivity contribution in [3.63, 3.8) is 0 Å². The van der Waals surface area contributed by atoms with Crippen molar-refractivity contribution < 1.29 is 9.13 Å². The van der Waals surface area contributed by atoms with Gasteiger partial charge in [-0.15, -0.1) is 11.3 Å². The van der Waals surface area contributed by atoms with E-state index in [1.165, 1.54) is 16.7 Å². The molecule has 1 nitrogen and oxygen atoms in total. The molecule has 0 spiro atoms. The predicted octanol–water partition coefficient (Wildman–Crippen LogP) is 4.36. The first-order valence-corrected chi connectivity index (χ1v) is 6.28. The first kappa shape index (κ1) is 12.5. The molecule has 1 rings (SSSR count). The van der Waals surface area contributed by atoms with E-state index in [0.717, 1.165) is 29.9 Å². The Balaban J connectivity index is 3.15. The Hall–Kier alpha value is -0.570. The number of hydrogen-bond acceptors (Lipinski definition) is 2. The SMILES string of the molecule is CCCC(C)(CC)c1c(F)csc1OC. The Morgan fingerprint density at radius 1 is 1.47 bits per heavy atom. The summed E-state index contributed by atoms with van der Waals surface area (Å²) in [6.07, 6.45) is 2.99. The van der Waals surface area contributed by atoms with Crippen molar-refractivity contribution in [3.05, 3.63) is 16.8 Å². The molecule has 1 aromatic heterocycles. The maximum absolute atomic E-state index is 13.7. The molecule has 15 heavy (non-hydrogen) atoms. The molecule has 1 atom stereocenters. The Morgan fingerprint density at radius 3 is 2.60 bits per heavy atom. The molecule has 0 bridgehead atoms. The van der Waals surface area contributed by atoms with Gasteiger partial charge >= 0.3 is 0 Å². The minimum atomic E-state index is -0.116. The number of thiophene rings is 1. The standard InChI is InChI=1S/C12H19FOS/c1-5-7-12(3,6-2)10-9(13)8-15-11(10)14-4/h8H,5-7H2,1-4H3. The van der Waals surface area contributed by atoms with Gasteiger partial charge in [0.2, 0.25) is 0 Å². The molecule has 1 unspecified atom stereocenters. The minimum absolute atomic E-state index is 0.0931. The first-order chi connectivity index (χ1) is 7.09. The van der Waals surface area contributed by atoms with Crippen molar-refractivity contribution in [2.75, 3.05) is 7.11 Å². The van der Waals surface area contributed by atoms with Gasteiger partial charge in [0.05, 0.1) is 7.11 Å². The lowest BCUT2D eigenvalue weighted by atomic mass is 9.77. The van der Waals surface area contributed by atoms with E-state index in [0.29, 0.717) is 0 Å². The fraction of sp³-hybridized carbons (Fsp3) is 0.667. The predicted molar refractivity (Wildman–Crippen MR) is 63.4 cm³/mol. The van der Waals surface area contributed by atoms with Crippen LogP contribution >= 0.6 is 11.3 Å². The van der Waals surface area contributed by atoms with Crippen molar-refractivity contribution in [1.82, 2.24) is 0 Å². The van der Waals surface area contributed by atoms with Gasteiger partial charge in [-0.05, 0) is 18.3 Å². The second kappa shape index (κ2) is 4.97. The van der Waals surface area contributed by atoms with Crippen LogP contribution in [-0.4, -0.2) is 7.11 Å². The highest BCUT2D eigenvalue weighted by molar-refractivity contribution is 7.12. The van der Waals surface area contributed by atoms with Crippen LogP contribution in [0.2, 0.25) is 0 Å². The molecule has 1 heterocycles. The Kier molecular flexibility index (Phi) is 4.14. The van der Waals surface area contributed by atoms with Crippen LogP contribution in [0.4, 0.5) is 4.39 Å². The summed E-state index contributed by atoms with van der Waals surface area (Å²) in [4.78, 5) is 0. The van der Waals surface area contributed by atoms with E-state index in [2.05, 4.69) is 20.8 Å². The number of halogens is 1. The normalized spacial score (nSPS) is 15.0. The van der Waals surface area contributed by atoms with E-state index in [1.54, 1.807) is 7.11 Å². The lowest BCUT2D eigenvalue weighted by Crippen LogP contribution is -2.21. The topological polar surface area (TPSA) is 9.23 Å². The highest BCUT2D eigenvalue weighted by Gasteiger charge is 2.31. The van der Waals surface area contributed by atoms with Crippen LogP contribution in [-0.2, 0) is 5.41 Å². The first-order valence-electron chi connectivity index (χ1n) is 5.40. The number of ether oxygens (including phenoxy) is 1. The van der Waals surface area contributed by atoms with Gasteiger partial charge < -0.3 is 4.74 Å². The molecule has 0 aliphatic rings. The molecule has 1 aromatic rings. The van der Waals surface area contributed by atoms with Crippen LogP contribution in [0.3, 0.4) is 0 Å². The van der Waals surface area contributed by atoms with Crippen molar-refractivity contribution in [1.29, 1.82) is 0 Å². The second-order valence-electron chi connectivity index (χ2n) is 4.11. The van der Waals surface area contributed by atoms with Gasteiger partial charge in [-0.1, -0.05) is 27.2 Å². The summed E-state index contributed by atoms with van der Waals surface area (Å²) >= 11 is 1.35. The van der Waals surface area contributed by atoms with E-state index in [1.807, 2.05) is 0 Å². The molecule has 0 N–H and O–H groups in total. The zero-order valence-corrected chi connectivity index (χ0v) is 10.7. The summed E-state index contributed by atoms with van der Waals surface area (Å²) in [6.45, 7) is 6.35. The third-order valence-electron chi connectivity index (χ3n) is 3.08. The molecule has 0 aliphatic heterocycles. The molecule has 3 heteroatoms. The summed E-state index contributed by atoms with van der Waals surface area (Å²) in [6, 6.07) is 0. The molecule has 0 amide bonds. The highest BCUT2D eigenvalue weighted by atomic mass is 32.1. The van der Waals surface area contributed by atoms with E-state index in [9.17, 15) is 4.39 Å². The van der Waals surface area contributed by atoms with Gasteiger partial charge in [0.25, 0.3) is 0 Å². The molecule has 0 aliphatic carbocycles. The third-order valence-corrected chi connectivity index (χ3v) is 3.99. The quantitative estimate of drug-likeness (QED) is 0.730. The van der Waals surface area contributed by atoms with Gasteiger partial charge in [-0.3, -0.25) is 0 Å². The molecule has 86 valence electrons. The fourth-order valence-electron chi connectivity index (χ4n) is 2.04. The van der Waals surface area contributed by atoms with Crippen LogP contribution in [0.25, 0.3) is 0 Å². The van der Waals surface area contributed by atoms with Gasteiger partial charge in [0.1, 0.15) is 5.82 Å². The van der Waals surface area contributed by atoms with Crippen LogP contribution in [0.5, 0.6) is 5.06 Å². The second-order valence-corrected chi connectivity index (χ2v) is 4.96. The van der Waals surface area contributed by atoms with Crippen LogP contribution in [0.15, 0.2) is 5.38 Å². The Labute approximate surface area is 95.3 Å². The summed E-state index contributed by atoms with van der Waals surface area (Å²) in [5, 5.41) is 2.27. The summed E-state index contributed by atoms with van der Waals surface area (Å²) in [7, 11) is 1.61. The molecule has 0 aromatic carbocycles. The Morgan fingerprint density at radius 2 is 2.13 bits per heavy atom. The molecule has 0 radical (unpaired) electrons. The lowest BCUT2D eigenvalue weighted by Gasteiger charge is -2.28. The van der Waals surface area contributed by atoms with E-state index in [-0.39, 0.29) is 11.2 Å². The van der Waals surface area contributed by atoms with Crippen LogP contribution < -0.4 is 4.74 Å². The van der Waals surface area contributed by atoms with Gasteiger partial charge in [-0.25, -0.2) is 4.39 Å². The summed E-state index contributed by atoms with van der Waals surface area (Å²) < 4.78 is 19.0. The van der Waals surface area contributed by atoms with Gasteiger partial charge in [-0.2, -0.15) is 0 Å². The average molecular weight is 230 g/mol. The highest BCUT2D eigenvalue weighted by Crippen LogP contribution is 2.43. The van der Waals surface area contributed by atoms with Crippen molar-refractivity contribution in [2.24, 2.45) is 0 Å². The summed E-state index contributed by atoms with van der Waals surface area (Å²) in [5.41, 5.74) is 0.670. The van der Waals surface area contributed by atoms with Crippen molar-refractivity contribution in [3.8, 4) is 5.06 Å². The van der Waals surface area contributed by atoms with Gasteiger partial charge in [0, 0.05) is 10.9 Å². The zero-order chi connectivity index (χ0) is 11.5. The lowest BCUT2D eigenvalue weighted by molar-refractivity contribution is 0.360. The van der Waals surface area contributed by atoms with E-state index < -0.39 is 0 Å². The maximum atomic E-state index is 13.7. The van der Waals surface area contributed by atoms with Crippen LogP contribution in [0.1, 0.15) is 45.6 Å². The fourth-order valence-corrected chi connectivity index (χ4v) is 2.92. The number of methoxy groups -OCH3 is 1. The molecule has 0 saturated heterocycles. The summed E-state index contributed by atoms with van der Waals surface area (Å²) in [5.74, 6) is -0.116. The van der Waals surface area contributed by atoms with Gasteiger partial charge in [0.15, 0.2) is 5.06 Å².